The van der Waals surface area contributed by atoms with Crippen LogP contribution in [0.25, 0.3) is 10.2 Å². The number of aryl methyl sites for hydroxylation is 2. The number of hydrogen-bond acceptors (Lipinski definition) is 6. The van der Waals surface area contributed by atoms with Gasteiger partial charge in [0.05, 0.1) is 23.2 Å². The zero-order chi connectivity index (χ0) is 18.3. The summed E-state index contributed by atoms with van der Waals surface area (Å²) >= 11 is 4.89. The number of benzene rings is 1. The minimum absolute atomic E-state index is 0.0230. The van der Waals surface area contributed by atoms with Gasteiger partial charge in [0.2, 0.25) is 0 Å². The summed E-state index contributed by atoms with van der Waals surface area (Å²) < 4.78 is 6.88. The highest BCUT2D eigenvalue weighted by Gasteiger charge is 2.19. The van der Waals surface area contributed by atoms with Crippen LogP contribution in [-0.4, -0.2) is 28.1 Å². The van der Waals surface area contributed by atoms with Crippen LogP contribution in [0.5, 0.6) is 11.5 Å². The first-order valence-corrected chi connectivity index (χ1v) is 9.82. The summed E-state index contributed by atoms with van der Waals surface area (Å²) in [6.07, 6.45) is 7.24. The largest absolute Gasteiger partial charge is 0.503 e. The molecule has 1 N–H and O–H groups in total. The van der Waals surface area contributed by atoms with Gasteiger partial charge in [0.1, 0.15) is 11.2 Å². The number of phenolic OH excluding ortho intramolecular Hbond substituents is 1. The molecule has 2 aromatic heterocycles. The Hall–Kier alpha value is -2.19. The van der Waals surface area contributed by atoms with E-state index in [1.807, 2.05) is 0 Å². The summed E-state index contributed by atoms with van der Waals surface area (Å²) in [6.45, 7) is 0. The molecule has 8 heteroatoms. The van der Waals surface area contributed by atoms with Gasteiger partial charge in [-0.2, -0.15) is 9.78 Å². The normalized spacial score (nSPS) is 14.1. The van der Waals surface area contributed by atoms with Crippen molar-refractivity contribution in [2.24, 2.45) is 5.10 Å². The van der Waals surface area contributed by atoms with Crippen molar-refractivity contribution in [1.82, 2.24) is 9.66 Å². The third kappa shape index (κ3) is 2.93. The summed E-state index contributed by atoms with van der Waals surface area (Å²) in [5.41, 5.74) is 1.69. The maximum atomic E-state index is 12.9. The number of fused-ring (bicyclic) bond motifs is 3. The Morgan fingerprint density at radius 1 is 1.38 bits per heavy atom. The lowest BCUT2D eigenvalue weighted by molar-refractivity contribution is 0.372. The molecule has 3 aromatic rings. The second-order valence-corrected chi connectivity index (χ2v) is 8.02. The highest BCUT2D eigenvalue weighted by molar-refractivity contribution is 9.10. The van der Waals surface area contributed by atoms with E-state index in [4.69, 9.17) is 4.74 Å². The molecule has 0 atom stereocenters. The molecule has 0 spiro atoms. The number of rotatable bonds is 3. The molecule has 0 aliphatic heterocycles. The van der Waals surface area contributed by atoms with Gasteiger partial charge in [0.15, 0.2) is 11.5 Å². The monoisotopic (exact) mass is 433 g/mol. The van der Waals surface area contributed by atoms with E-state index in [1.165, 1.54) is 29.4 Å². The molecule has 0 saturated carbocycles. The first-order chi connectivity index (χ1) is 12.6. The van der Waals surface area contributed by atoms with Crippen molar-refractivity contribution in [3.05, 3.63) is 49.3 Å². The molecule has 4 rings (SSSR count). The topological polar surface area (TPSA) is 76.7 Å². The van der Waals surface area contributed by atoms with Gasteiger partial charge >= 0.3 is 0 Å². The van der Waals surface area contributed by atoms with Crippen molar-refractivity contribution < 1.29 is 9.84 Å². The number of phenols is 1. The Bertz CT molecular complexity index is 1090. The van der Waals surface area contributed by atoms with E-state index in [9.17, 15) is 9.90 Å². The van der Waals surface area contributed by atoms with E-state index in [0.717, 1.165) is 29.7 Å². The van der Waals surface area contributed by atoms with Gasteiger partial charge in [-0.1, -0.05) is 0 Å². The van der Waals surface area contributed by atoms with Crippen LogP contribution in [-0.2, 0) is 12.8 Å². The summed E-state index contributed by atoms with van der Waals surface area (Å²) in [5.74, 6) is 0.350. The highest BCUT2D eigenvalue weighted by Crippen LogP contribution is 2.35. The Kier molecular flexibility index (Phi) is 4.54. The lowest BCUT2D eigenvalue weighted by Gasteiger charge is -2.09. The molecule has 0 bridgehead atoms. The fourth-order valence-electron chi connectivity index (χ4n) is 3.17. The molecule has 6 nitrogen and oxygen atoms in total. The van der Waals surface area contributed by atoms with Crippen molar-refractivity contribution in [3.63, 3.8) is 0 Å². The number of aromatic nitrogens is 2. The second-order valence-electron chi connectivity index (χ2n) is 6.08. The molecule has 1 aromatic carbocycles. The minimum atomic E-state index is -0.143. The third-order valence-corrected chi connectivity index (χ3v) is 6.27. The van der Waals surface area contributed by atoms with E-state index >= 15 is 0 Å². The predicted molar refractivity (Wildman–Crippen MR) is 106 cm³/mol. The van der Waals surface area contributed by atoms with E-state index in [2.05, 4.69) is 26.0 Å². The molecule has 1 aliphatic rings. The molecule has 134 valence electrons. The van der Waals surface area contributed by atoms with Crippen molar-refractivity contribution in [2.75, 3.05) is 7.11 Å². The van der Waals surface area contributed by atoms with E-state index < -0.39 is 0 Å². The first-order valence-electron chi connectivity index (χ1n) is 8.21. The molecular formula is C18H16BrN3O3S. The first kappa shape index (κ1) is 17.2. The Morgan fingerprint density at radius 3 is 3.00 bits per heavy atom. The van der Waals surface area contributed by atoms with Gasteiger partial charge in [0, 0.05) is 4.88 Å². The molecule has 2 heterocycles. The van der Waals surface area contributed by atoms with E-state index in [1.54, 1.807) is 29.7 Å². The van der Waals surface area contributed by atoms with E-state index in [0.29, 0.717) is 21.2 Å². The van der Waals surface area contributed by atoms with Gasteiger partial charge in [0.25, 0.3) is 5.56 Å². The number of ether oxygens (including phenoxy) is 1. The van der Waals surface area contributed by atoms with Crippen LogP contribution in [0.1, 0.15) is 28.8 Å². The summed E-state index contributed by atoms with van der Waals surface area (Å²) in [7, 11) is 1.48. The maximum absolute atomic E-state index is 12.9. The number of hydrogen-bond donors (Lipinski definition) is 1. The van der Waals surface area contributed by atoms with Crippen LogP contribution in [0.2, 0.25) is 0 Å². The molecule has 0 radical (unpaired) electrons. The number of aromatic hydroxyl groups is 1. The lowest BCUT2D eigenvalue weighted by Crippen LogP contribution is -2.18. The zero-order valence-electron chi connectivity index (χ0n) is 14.0. The standard InChI is InChI=1S/C18H16BrN3O3S/c1-25-13-7-10(6-12(19)16(13)23)8-21-22-9-20-17-15(18(22)24)11-4-2-3-5-14(11)26-17/h6-9,23H,2-5H2,1H3/b21-8-. The fourth-order valence-corrected chi connectivity index (χ4v) is 4.85. The van der Waals surface area contributed by atoms with Gasteiger partial charge in [-0.05, 0) is 64.9 Å². The smallest absolute Gasteiger partial charge is 0.282 e. The Morgan fingerprint density at radius 2 is 2.19 bits per heavy atom. The molecule has 26 heavy (non-hydrogen) atoms. The second kappa shape index (κ2) is 6.85. The summed E-state index contributed by atoms with van der Waals surface area (Å²) in [6, 6.07) is 3.35. The lowest BCUT2D eigenvalue weighted by atomic mass is 9.97. The van der Waals surface area contributed by atoms with Crippen LogP contribution in [0, 0.1) is 0 Å². The fraction of sp³-hybridized carbons (Fsp3) is 0.278. The van der Waals surface area contributed by atoms with E-state index in [-0.39, 0.29) is 11.3 Å². The molecule has 0 saturated heterocycles. The molecular weight excluding hydrogens is 418 g/mol. The van der Waals surface area contributed by atoms with Crippen molar-refractivity contribution in [3.8, 4) is 11.5 Å². The van der Waals surface area contributed by atoms with Crippen molar-refractivity contribution in [2.45, 2.75) is 25.7 Å². The predicted octanol–water partition coefficient (Wildman–Crippen LogP) is 3.70. The molecule has 0 fully saturated rings. The average molecular weight is 434 g/mol. The summed E-state index contributed by atoms with van der Waals surface area (Å²) in [5, 5.41) is 14.8. The molecule has 1 aliphatic carbocycles. The third-order valence-electron chi connectivity index (χ3n) is 4.46. The summed E-state index contributed by atoms with van der Waals surface area (Å²) in [4.78, 5) is 19.4. The molecule has 0 unspecified atom stereocenters. The SMILES string of the molecule is COc1cc(/C=N\n2cnc3sc4c(c3c2=O)CCCC4)cc(Br)c1O. The molecule has 0 amide bonds. The van der Waals surface area contributed by atoms with Crippen LogP contribution in [0.15, 0.2) is 32.8 Å². The quantitative estimate of drug-likeness (QED) is 0.638. The van der Waals surface area contributed by atoms with Crippen LogP contribution >= 0.6 is 27.3 Å². The zero-order valence-corrected chi connectivity index (χ0v) is 16.4. The van der Waals surface area contributed by atoms with Crippen LogP contribution in [0.4, 0.5) is 0 Å². The van der Waals surface area contributed by atoms with Crippen molar-refractivity contribution in [1.29, 1.82) is 0 Å². The average Bonchev–Trinajstić information content (AvgIpc) is 3.03. The number of methoxy groups -OCH3 is 1. The Balaban J connectivity index is 1.76. The van der Waals surface area contributed by atoms with Gasteiger partial charge in [-0.25, -0.2) is 4.98 Å². The number of nitrogens with zero attached hydrogens (tertiary/aromatic N) is 3. The Labute approximate surface area is 161 Å². The van der Waals surface area contributed by atoms with Gasteiger partial charge in [-0.15, -0.1) is 11.3 Å². The highest BCUT2D eigenvalue weighted by atomic mass is 79.9. The number of halogens is 1. The van der Waals surface area contributed by atoms with Crippen molar-refractivity contribution >= 4 is 43.7 Å². The van der Waals surface area contributed by atoms with Gasteiger partial charge in [-0.3, -0.25) is 4.79 Å². The maximum Gasteiger partial charge on any atom is 0.282 e. The van der Waals surface area contributed by atoms with Crippen LogP contribution in [0.3, 0.4) is 0 Å². The van der Waals surface area contributed by atoms with Gasteiger partial charge < -0.3 is 9.84 Å². The number of thiophene rings is 1. The minimum Gasteiger partial charge on any atom is -0.503 e. The van der Waals surface area contributed by atoms with Crippen LogP contribution < -0.4 is 10.3 Å².